The van der Waals surface area contributed by atoms with Gasteiger partial charge in [-0.1, -0.05) is 36.4 Å². The van der Waals surface area contributed by atoms with Crippen LogP contribution in [0.1, 0.15) is 32.0 Å². The van der Waals surface area contributed by atoms with Crippen molar-refractivity contribution in [1.82, 2.24) is 4.98 Å². The minimum Gasteiger partial charge on any atom is -0.444 e. The number of amides is 1. The third kappa shape index (κ3) is 5.39. The van der Waals surface area contributed by atoms with Crippen molar-refractivity contribution in [2.45, 2.75) is 26.4 Å². The molecular weight excluding hydrogens is 284 g/mol. The van der Waals surface area contributed by atoms with Crippen LogP contribution >= 0.6 is 11.3 Å². The number of nitrogens with one attached hydrogen (secondary N) is 1. The SMILES string of the molecule is CC(C)(C)OC(=O)Nc1nc(/C=C/c2ccccc2)cs1. The van der Waals surface area contributed by atoms with Crippen LogP contribution in [0.25, 0.3) is 12.2 Å². The first kappa shape index (κ1) is 15.3. The Bertz CT molecular complexity index is 627. The molecule has 2 rings (SSSR count). The van der Waals surface area contributed by atoms with E-state index in [-0.39, 0.29) is 0 Å². The van der Waals surface area contributed by atoms with Gasteiger partial charge in [-0.05, 0) is 32.4 Å². The quantitative estimate of drug-likeness (QED) is 0.897. The fourth-order valence-corrected chi connectivity index (χ4v) is 2.22. The van der Waals surface area contributed by atoms with Gasteiger partial charge < -0.3 is 4.74 Å². The van der Waals surface area contributed by atoms with E-state index in [9.17, 15) is 4.79 Å². The van der Waals surface area contributed by atoms with Gasteiger partial charge in [-0.15, -0.1) is 11.3 Å². The Balaban J connectivity index is 1.96. The minimum absolute atomic E-state index is 0.490. The molecule has 5 heteroatoms. The van der Waals surface area contributed by atoms with E-state index in [1.165, 1.54) is 11.3 Å². The fourth-order valence-electron chi connectivity index (χ4n) is 1.56. The second-order valence-corrected chi connectivity index (χ2v) is 6.31. The molecule has 1 N–H and O–H groups in total. The molecule has 2 aromatic rings. The average Bonchev–Trinajstić information content (AvgIpc) is 2.83. The van der Waals surface area contributed by atoms with Gasteiger partial charge in [0.1, 0.15) is 5.60 Å². The third-order valence-corrected chi connectivity index (χ3v) is 3.15. The van der Waals surface area contributed by atoms with E-state index in [1.807, 2.05) is 68.6 Å². The predicted octanol–water partition coefficient (Wildman–Crippen LogP) is 4.66. The van der Waals surface area contributed by atoms with Crippen molar-refractivity contribution in [2.24, 2.45) is 0 Å². The van der Waals surface area contributed by atoms with Crippen LogP contribution in [-0.2, 0) is 4.74 Å². The molecule has 0 aliphatic rings. The lowest BCUT2D eigenvalue weighted by Crippen LogP contribution is -2.27. The summed E-state index contributed by atoms with van der Waals surface area (Å²) in [6.07, 6.45) is 3.40. The molecule has 0 fully saturated rings. The molecule has 0 spiro atoms. The molecule has 0 saturated heterocycles. The predicted molar refractivity (Wildman–Crippen MR) is 87.3 cm³/mol. The number of aromatic nitrogens is 1. The Labute approximate surface area is 128 Å². The zero-order valence-corrected chi connectivity index (χ0v) is 13.1. The normalized spacial score (nSPS) is 11.6. The molecule has 1 heterocycles. The molecule has 0 saturated carbocycles. The topological polar surface area (TPSA) is 51.2 Å². The lowest BCUT2D eigenvalue weighted by atomic mass is 10.2. The van der Waals surface area contributed by atoms with Gasteiger partial charge >= 0.3 is 6.09 Å². The summed E-state index contributed by atoms with van der Waals surface area (Å²) in [7, 11) is 0. The molecule has 0 radical (unpaired) electrons. The monoisotopic (exact) mass is 302 g/mol. The molecule has 0 aliphatic heterocycles. The summed E-state index contributed by atoms with van der Waals surface area (Å²) in [5.41, 5.74) is 1.39. The van der Waals surface area contributed by atoms with E-state index >= 15 is 0 Å². The first-order valence-corrected chi connectivity index (χ1v) is 7.49. The van der Waals surface area contributed by atoms with Crippen molar-refractivity contribution in [3.63, 3.8) is 0 Å². The Morgan fingerprint density at radius 2 is 1.95 bits per heavy atom. The van der Waals surface area contributed by atoms with Gasteiger partial charge in [-0.3, -0.25) is 5.32 Å². The number of carbonyl (C=O) groups excluding carboxylic acids is 1. The summed E-state index contributed by atoms with van der Waals surface area (Å²) in [6, 6.07) is 9.97. The van der Waals surface area contributed by atoms with E-state index < -0.39 is 11.7 Å². The van der Waals surface area contributed by atoms with E-state index in [0.29, 0.717) is 5.13 Å². The van der Waals surface area contributed by atoms with Crippen LogP contribution in [0.5, 0.6) is 0 Å². The van der Waals surface area contributed by atoms with E-state index in [4.69, 9.17) is 4.74 Å². The number of rotatable bonds is 3. The Kier molecular flexibility index (Phi) is 4.75. The van der Waals surface area contributed by atoms with Gasteiger partial charge in [0, 0.05) is 5.38 Å². The highest BCUT2D eigenvalue weighted by molar-refractivity contribution is 7.14. The maximum absolute atomic E-state index is 11.6. The molecule has 21 heavy (non-hydrogen) atoms. The average molecular weight is 302 g/mol. The van der Waals surface area contributed by atoms with Crippen molar-refractivity contribution in [1.29, 1.82) is 0 Å². The van der Waals surface area contributed by atoms with Gasteiger partial charge in [0.25, 0.3) is 0 Å². The molecule has 1 aromatic carbocycles. The summed E-state index contributed by atoms with van der Waals surface area (Å²) >= 11 is 1.36. The molecule has 110 valence electrons. The molecule has 4 nitrogen and oxygen atoms in total. The second-order valence-electron chi connectivity index (χ2n) is 5.45. The van der Waals surface area contributed by atoms with Crippen molar-refractivity contribution >= 4 is 34.7 Å². The minimum atomic E-state index is -0.516. The summed E-state index contributed by atoms with van der Waals surface area (Å²) < 4.78 is 5.18. The van der Waals surface area contributed by atoms with Crippen molar-refractivity contribution in [2.75, 3.05) is 5.32 Å². The highest BCUT2D eigenvalue weighted by Gasteiger charge is 2.16. The first-order chi connectivity index (χ1) is 9.92. The standard InChI is InChI=1S/C16H18N2O2S/c1-16(2,3)20-15(19)18-14-17-13(11-21-14)10-9-12-7-5-4-6-8-12/h4-11H,1-3H3,(H,17,18,19)/b10-9+. The second kappa shape index (κ2) is 6.54. The highest BCUT2D eigenvalue weighted by atomic mass is 32.1. The summed E-state index contributed by atoms with van der Waals surface area (Å²) in [4.78, 5) is 15.9. The van der Waals surface area contributed by atoms with E-state index in [1.54, 1.807) is 0 Å². The fraction of sp³-hybridized carbons (Fsp3) is 0.250. The largest absolute Gasteiger partial charge is 0.444 e. The van der Waals surface area contributed by atoms with Crippen LogP contribution < -0.4 is 5.32 Å². The van der Waals surface area contributed by atoms with Crippen LogP contribution in [0.4, 0.5) is 9.93 Å². The number of nitrogens with zero attached hydrogens (tertiary/aromatic N) is 1. The van der Waals surface area contributed by atoms with Crippen LogP contribution in [0.3, 0.4) is 0 Å². The zero-order valence-electron chi connectivity index (χ0n) is 12.3. The Morgan fingerprint density at radius 3 is 2.62 bits per heavy atom. The number of ether oxygens (including phenoxy) is 1. The van der Waals surface area contributed by atoms with Crippen molar-refractivity contribution in [3.8, 4) is 0 Å². The lowest BCUT2D eigenvalue weighted by Gasteiger charge is -2.18. The lowest BCUT2D eigenvalue weighted by molar-refractivity contribution is 0.0636. The van der Waals surface area contributed by atoms with Gasteiger partial charge in [0.15, 0.2) is 5.13 Å². The van der Waals surface area contributed by atoms with Gasteiger partial charge in [0.05, 0.1) is 5.69 Å². The molecular formula is C16H18N2O2S. The van der Waals surface area contributed by atoms with Crippen LogP contribution in [0.2, 0.25) is 0 Å². The third-order valence-electron chi connectivity index (χ3n) is 2.38. The van der Waals surface area contributed by atoms with Crippen LogP contribution in [0, 0.1) is 0 Å². The molecule has 0 atom stereocenters. The van der Waals surface area contributed by atoms with E-state index in [0.717, 1.165) is 11.3 Å². The van der Waals surface area contributed by atoms with Gasteiger partial charge in [0.2, 0.25) is 0 Å². The molecule has 0 bridgehead atoms. The molecule has 0 aliphatic carbocycles. The van der Waals surface area contributed by atoms with Gasteiger partial charge in [-0.25, -0.2) is 9.78 Å². The summed E-state index contributed by atoms with van der Waals surface area (Å²) in [5, 5.41) is 5.04. The number of anilines is 1. The van der Waals surface area contributed by atoms with E-state index in [2.05, 4.69) is 10.3 Å². The molecule has 1 amide bonds. The summed E-state index contributed by atoms with van der Waals surface area (Å²) in [5.74, 6) is 0. The number of benzene rings is 1. The highest BCUT2D eigenvalue weighted by Crippen LogP contribution is 2.18. The maximum atomic E-state index is 11.6. The number of thiazole rings is 1. The van der Waals surface area contributed by atoms with Crippen LogP contribution in [-0.4, -0.2) is 16.7 Å². The molecule has 1 aromatic heterocycles. The summed E-state index contributed by atoms with van der Waals surface area (Å²) in [6.45, 7) is 5.47. The van der Waals surface area contributed by atoms with Gasteiger partial charge in [-0.2, -0.15) is 0 Å². The Hall–Kier alpha value is -2.14. The Morgan fingerprint density at radius 1 is 1.24 bits per heavy atom. The zero-order chi connectivity index (χ0) is 15.3. The number of hydrogen-bond acceptors (Lipinski definition) is 4. The smallest absolute Gasteiger partial charge is 0.413 e. The first-order valence-electron chi connectivity index (χ1n) is 6.61. The van der Waals surface area contributed by atoms with Crippen molar-refractivity contribution < 1.29 is 9.53 Å². The molecule has 0 unspecified atom stereocenters. The van der Waals surface area contributed by atoms with Crippen molar-refractivity contribution in [3.05, 3.63) is 47.0 Å². The van der Waals surface area contributed by atoms with Crippen LogP contribution in [0.15, 0.2) is 35.7 Å². The maximum Gasteiger partial charge on any atom is 0.413 e. The number of carbonyl (C=O) groups is 1. The number of hydrogen-bond donors (Lipinski definition) is 1.